The third-order valence-electron chi connectivity index (χ3n) is 5.53. The topological polar surface area (TPSA) is 100 Å². The molecule has 4 heterocycles. The van der Waals surface area contributed by atoms with Crippen molar-refractivity contribution in [3.05, 3.63) is 53.7 Å². The molecule has 158 valence electrons. The summed E-state index contributed by atoms with van der Waals surface area (Å²) in [5.41, 5.74) is 2.64. The Morgan fingerprint density at radius 1 is 1.26 bits per heavy atom. The van der Waals surface area contributed by atoms with Gasteiger partial charge >= 0.3 is 0 Å². The van der Waals surface area contributed by atoms with Crippen molar-refractivity contribution in [3.8, 4) is 0 Å². The van der Waals surface area contributed by atoms with Crippen molar-refractivity contribution < 1.29 is 9.18 Å². The average molecular weight is 420 g/mol. The first-order valence-electron chi connectivity index (χ1n) is 10.0. The van der Waals surface area contributed by atoms with Crippen LogP contribution in [0.3, 0.4) is 0 Å². The van der Waals surface area contributed by atoms with E-state index in [1.54, 1.807) is 29.8 Å². The highest BCUT2D eigenvalue weighted by Crippen LogP contribution is 2.32. The molecule has 1 aliphatic heterocycles. The molecule has 10 heteroatoms. The van der Waals surface area contributed by atoms with E-state index in [2.05, 4.69) is 25.7 Å². The highest BCUT2D eigenvalue weighted by Gasteiger charge is 2.24. The molecule has 4 aromatic rings. The lowest BCUT2D eigenvalue weighted by Gasteiger charge is -2.31. The third-order valence-corrected chi connectivity index (χ3v) is 5.53. The number of piperazine rings is 1. The first-order valence-corrected chi connectivity index (χ1v) is 10.0. The molecular formula is C21H21FN8O. The van der Waals surface area contributed by atoms with Gasteiger partial charge in [-0.2, -0.15) is 9.61 Å². The van der Waals surface area contributed by atoms with Crippen molar-refractivity contribution in [2.75, 3.05) is 29.9 Å². The average Bonchev–Trinajstić information content (AvgIpc) is 3.26. The molecule has 31 heavy (non-hydrogen) atoms. The van der Waals surface area contributed by atoms with Crippen LogP contribution in [0.2, 0.25) is 0 Å². The monoisotopic (exact) mass is 420 g/mol. The fraction of sp³-hybridized carbons (Fsp3) is 0.286. The lowest BCUT2D eigenvalue weighted by atomic mass is 10.0. The Labute approximate surface area is 177 Å². The van der Waals surface area contributed by atoms with Gasteiger partial charge in [0.2, 0.25) is 11.9 Å². The molecule has 5 rings (SSSR count). The van der Waals surface area contributed by atoms with Crippen LogP contribution in [0.15, 0.2) is 36.8 Å². The molecular weight excluding hydrogens is 399 g/mol. The van der Waals surface area contributed by atoms with Crippen LogP contribution in [0, 0.1) is 12.7 Å². The number of pyridine rings is 1. The molecule has 0 spiro atoms. The number of carbonyl (C=O) groups excluding carboxylic acids is 1. The number of amides is 1. The summed E-state index contributed by atoms with van der Waals surface area (Å²) in [6.45, 7) is 5.05. The molecule has 0 aliphatic carbocycles. The second-order valence-corrected chi connectivity index (χ2v) is 7.58. The number of aromatic nitrogens is 5. The molecule has 0 radical (unpaired) electrons. The van der Waals surface area contributed by atoms with E-state index in [9.17, 15) is 9.18 Å². The number of carbonyl (C=O) groups is 1. The molecule has 1 unspecified atom stereocenters. The molecule has 0 saturated carbocycles. The molecule has 1 fully saturated rings. The maximum absolute atomic E-state index is 14.2. The normalized spacial score (nSPS) is 15.3. The van der Waals surface area contributed by atoms with Gasteiger partial charge in [-0.25, -0.2) is 19.3 Å². The van der Waals surface area contributed by atoms with Gasteiger partial charge in [0.1, 0.15) is 18.0 Å². The van der Waals surface area contributed by atoms with Gasteiger partial charge in [0.05, 0.1) is 24.3 Å². The predicted molar refractivity (Wildman–Crippen MR) is 114 cm³/mol. The number of fused-ring (bicyclic) bond motifs is 2. The Hall–Kier alpha value is -3.82. The fourth-order valence-electron chi connectivity index (χ4n) is 3.88. The minimum absolute atomic E-state index is 0.0651. The van der Waals surface area contributed by atoms with Gasteiger partial charge in [-0.1, -0.05) is 0 Å². The lowest BCUT2D eigenvalue weighted by molar-refractivity contribution is -0.120. The summed E-state index contributed by atoms with van der Waals surface area (Å²) in [5, 5.41) is 11.3. The maximum atomic E-state index is 14.2. The van der Waals surface area contributed by atoms with E-state index >= 15 is 0 Å². The SMILES string of the molecule is Cc1c(F)ccc2cc(C(C)Nc3ncnc4ccnn34)c(N3CCNC(=O)C3)nc12. The summed E-state index contributed by atoms with van der Waals surface area (Å²) in [5.74, 6) is 0.829. The van der Waals surface area contributed by atoms with Gasteiger partial charge < -0.3 is 15.5 Å². The highest BCUT2D eigenvalue weighted by atomic mass is 19.1. The number of hydrogen-bond acceptors (Lipinski definition) is 7. The van der Waals surface area contributed by atoms with E-state index in [0.29, 0.717) is 41.6 Å². The van der Waals surface area contributed by atoms with E-state index in [1.807, 2.05) is 17.9 Å². The number of halogens is 1. The van der Waals surface area contributed by atoms with E-state index in [-0.39, 0.29) is 24.3 Å². The van der Waals surface area contributed by atoms with Gasteiger partial charge in [-0.05, 0) is 32.0 Å². The van der Waals surface area contributed by atoms with Crippen LogP contribution >= 0.6 is 0 Å². The fourth-order valence-corrected chi connectivity index (χ4v) is 3.88. The van der Waals surface area contributed by atoms with Crippen LogP contribution in [-0.4, -0.2) is 50.1 Å². The molecule has 1 amide bonds. The number of aryl methyl sites for hydroxylation is 1. The first-order chi connectivity index (χ1) is 15.0. The van der Waals surface area contributed by atoms with E-state index in [4.69, 9.17) is 4.98 Å². The molecule has 1 aromatic carbocycles. The third kappa shape index (κ3) is 3.39. The van der Waals surface area contributed by atoms with Gasteiger partial charge in [0, 0.05) is 35.7 Å². The zero-order valence-electron chi connectivity index (χ0n) is 17.1. The number of nitrogens with zero attached hydrogens (tertiary/aromatic N) is 6. The molecule has 1 saturated heterocycles. The molecule has 9 nitrogen and oxygen atoms in total. The van der Waals surface area contributed by atoms with Crippen molar-refractivity contribution in [1.29, 1.82) is 0 Å². The van der Waals surface area contributed by atoms with Crippen LogP contribution in [-0.2, 0) is 4.79 Å². The minimum atomic E-state index is -0.302. The van der Waals surface area contributed by atoms with Crippen molar-refractivity contribution >= 4 is 34.2 Å². The summed E-state index contributed by atoms with van der Waals surface area (Å²) >= 11 is 0. The van der Waals surface area contributed by atoms with Crippen LogP contribution in [0.25, 0.3) is 16.6 Å². The summed E-state index contributed by atoms with van der Waals surface area (Å²) in [7, 11) is 0. The second kappa shape index (κ2) is 7.46. The first kappa shape index (κ1) is 19.2. The number of hydrogen-bond donors (Lipinski definition) is 2. The van der Waals surface area contributed by atoms with Crippen LogP contribution in [0.5, 0.6) is 0 Å². The summed E-state index contributed by atoms with van der Waals surface area (Å²) < 4.78 is 15.8. The number of anilines is 2. The largest absolute Gasteiger partial charge is 0.353 e. The Morgan fingerprint density at radius 2 is 2.13 bits per heavy atom. The number of benzene rings is 1. The molecule has 1 aliphatic rings. The quantitative estimate of drug-likeness (QED) is 0.522. The zero-order chi connectivity index (χ0) is 21.5. The Balaban J connectivity index is 1.61. The number of rotatable bonds is 4. The minimum Gasteiger partial charge on any atom is -0.353 e. The lowest BCUT2D eigenvalue weighted by Crippen LogP contribution is -2.48. The van der Waals surface area contributed by atoms with E-state index in [0.717, 1.165) is 10.9 Å². The summed E-state index contributed by atoms with van der Waals surface area (Å²) in [4.78, 5) is 27.3. The van der Waals surface area contributed by atoms with E-state index < -0.39 is 0 Å². The van der Waals surface area contributed by atoms with Gasteiger partial charge in [0.15, 0.2) is 5.65 Å². The maximum Gasteiger partial charge on any atom is 0.239 e. The highest BCUT2D eigenvalue weighted by molar-refractivity contribution is 5.87. The van der Waals surface area contributed by atoms with Gasteiger partial charge in [0.25, 0.3) is 0 Å². The summed E-state index contributed by atoms with van der Waals surface area (Å²) in [6, 6.07) is 6.75. The smallest absolute Gasteiger partial charge is 0.239 e. The van der Waals surface area contributed by atoms with Crippen LogP contribution in [0.1, 0.15) is 24.1 Å². The van der Waals surface area contributed by atoms with Crippen molar-refractivity contribution in [1.82, 2.24) is 29.9 Å². The number of nitrogens with one attached hydrogen (secondary N) is 2. The zero-order valence-corrected chi connectivity index (χ0v) is 17.1. The molecule has 2 N–H and O–H groups in total. The predicted octanol–water partition coefficient (Wildman–Crippen LogP) is 2.23. The second-order valence-electron chi connectivity index (χ2n) is 7.58. The molecule has 0 bridgehead atoms. The van der Waals surface area contributed by atoms with Crippen molar-refractivity contribution in [3.63, 3.8) is 0 Å². The van der Waals surface area contributed by atoms with Gasteiger partial charge in [-0.3, -0.25) is 4.79 Å². The van der Waals surface area contributed by atoms with Crippen molar-refractivity contribution in [2.45, 2.75) is 19.9 Å². The Bertz CT molecular complexity index is 1300. The molecule has 1 atom stereocenters. The Kier molecular flexibility index (Phi) is 4.61. The molecule has 3 aromatic heterocycles. The standard InChI is InChI=1S/C21H21FN8O/c1-12-16(22)4-3-14-9-15(20(28-19(12)14)29-8-7-23-18(31)10-29)13(2)27-21-25-11-24-17-5-6-26-30(17)21/h3-6,9,11,13H,7-8,10H2,1-2H3,(H,23,31)(H,24,25,27). The summed E-state index contributed by atoms with van der Waals surface area (Å²) in [6.07, 6.45) is 3.14. The van der Waals surface area contributed by atoms with Crippen molar-refractivity contribution in [2.24, 2.45) is 0 Å². The van der Waals surface area contributed by atoms with Crippen LogP contribution in [0.4, 0.5) is 16.2 Å². The van der Waals surface area contributed by atoms with E-state index in [1.165, 1.54) is 12.4 Å². The van der Waals surface area contributed by atoms with Crippen LogP contribution < -0.4 is 15.5 Å². The van der Waals surface area contributed by atoms with Gasteiger partial charge in [-0.15, -0.1) is 0 Å². The Morgan fingerprint density at radius 3 is 2.97 bits per heavy atom.